The minimum atomic E-state index is -0.416. The van der Waals surface area contributed by atoms with Crippen molar-refractivity contribution < 1.29 is 15.0 Å². The van der Waals surface area contributed by atoms with Crippen LogP contribution in [0.15, 0.2) is 49.0 Å². The predicted octanol–water partition coefficient (Wildman–Crippen LogP) is 2.97. The number of phenolic OH excluding ortho intramolecular Hbond substituents is 2. The van der Waals surface area contributed by atoms with Gasteiger partial charge in [0.1, 0.15) is 0 Å². The van der Waals surface area contributed by atoms with E-state index in [2.05, 4.69) is 6.58 Å². The van der Waals surface area contributed by atoms with E-state index in [4.69, 9.17) is 0 Å². The highest BCUT2D eigenvalue weighted by molar-refractivity contribution is 6.13. The first kappa shape index (κ1) is 11.9. The van der Waals surface area contributed by atoms with Gasteiger partial charge in [0.15, 0.2) is 17.3 Å². The van der Waals surface area contributed by atoms with Crippen LogP contribution in [0.4, 0.5) is 0 Å². The minimum Gasteiger partial charge on any atom is -0.504 e. The van der Waals surface area contributed by atoms with Crippen molar-refractivity contribution in [3.8, 4) is 11.5 Å². The molecule has 0 saturated heterocycles. The van der Waals surface area contributed by atoms with Crippen LogP contribution in [0.5, 0.6) is 11.5 Å². The molecule has 0 unspecified atom stereocenters. The standard InChI is InChI=1S/C15H12O3/c1-2-10-8-9-12(16)15(18)13(10)14(17)11-6-4-3-5-7-11/h2-9,16,18H,1H2. The zero-order chi connectivity index (χ0) is 13.1. The van der Waals surface area contributed by atoms with Gasteiger partial charge in [-0.15, -0.1) is 0 Å². The molecule has 3 heteroatoms. The summed E-state index contributed by atoms with van der Waals surface area (Å²) in [5, 5.41) is 19.3. The highest BCUT2D eigenvalue weighted by Gasteiger charge is 2.19. The Morgan fingerprint density at radius 3 is 2.33 bits per heavy atom. The van der Waals surface area contributed by atoms with Crippen molar-refractivity contribution in [3.63, 3.8) is 0 Å². The Balaban J connectivity index is 2.61. The monoisotopic (exact) mass is 240 g/mol. The first-order chi connectivity index (χ1) is 8.65. The van der Waals surface area contributed by atoms with Gasteiger partial charge >= 0.3 is 0 Å². The highest BCUT2D eigenvalue weighted by Crippen LogP contribution is 2.33. The number of rotatable bonds is 3. The van der Waals surface area contributed by atoms with E-state index in [0.29, 0.717) is 11.1 Å². The van der Waals surface area contributed by atoms with Gasteiger partial charge in [-0.05, 0) is 11.6 Å². The van der Waals surface area contributed by atoms with Gasteiger partial charge in [0.25, 0.3) is 0 Å². The van der Waals surface area contributed by atoms with Gasteiger partial charge < -0.3 is 10.2 Å². The number of phenols is 2. The van der Waals surface area contributed by atoms with Crippen LogP contribution in [0.2, 0.25) is 0 Å². The van der Waals surface area contributed by atoms with Crippen LogP contribution in [0.1, 0.15) is 21.5 Å². The average molecular weight is 240 g/mol. The second-order valence-corrected chi connectivity index (χ2v) is 3.80. The normalized spacial score (nSPS) is 10.0. The predicted molar refractivity (Wildman–Crippen MR) is 69.7 cm³/mol. The molecule has 0 radical (unpaired) electrons. The Bertz CT molecular complexity index is 601. The van der Waals surface area contributed by atoms with Crippen molar-refractivity contribution in [1.82, 2.24) is 0 Å². The van der Waals surface area contributed by atoms with E-state index < -0.39 is 5.75 Å². The summed E-state index contributed by atoms with van der Waals surface area (Å²) in [7, 11) is 0. The molecule has 0 fully saturated rings. The van der Waals surface area contributed by atoms with Gasteiger partial charge in [0, 0.05) is 5.56 Å². The van der Waals surface area contributed by atoms with Crippen molar-refractivity contribution in [1.29, 1.82) is 0 Å². The zero-order valence-corrected chi connectivity index (χ0v) is 9.63. The molecule has 0 aliphatic rings. The maximum absolute atomic E-state index is 12.3. The molecule has 2 aromatic carbocycles. The molecule has 3 nitrogen and oxygen atoms in total. The summed E-state index contributed by atoms with van der Waals surface area (Å²) in [5.41, 5.74) is 0.997. The third kappa shape index (κ3) is 1.98. The maximum Gasteiger partial charge on any atom is 0.197 e. The summed E-state index contributed by atoms with van der Waals surface area (Å²) in [6.07, 6.45) is 1.47. The number of aromatic hydroxyl groups is 2. The Morgan fingerprint density at radius 1 is 1.06 bits per heavy atom. The molecule has 0 heterocycles. The molecule has 18 heavy (non-hydrogen) atoms. The Labute approximate surface area is 105 Å². The fraction of sp³-hybridized carbons (Fsp3) is 0. The van der Waals surface area contributed by atoms with Gasteiger partial charge in [-0.3, -0.25) is 4.79 Å². The lowest BCUT2D eigenvalue weighted by atomic mass is 9.97. The number of carbonyl (C=O) groups excluding carboxylic acids is 1. The lowest BCUT2D eigenvalue weighted by Gasteiger charge is -2.09. The van der Waals surface area contributed by atoms with Gasteiger partial charge in [0.2, 0.25) is 0 Å². The Morgan fingerprint density at radius 2 is 1.72 bits per heavy atom. The second kappa shape index (κ2) is 4.75. The Hall–Kier alpha value is -2.55. The summed E-state index contributed by atoms with van der Waals surface area (Å²) in [6.45, 7) is 3.59. The molecule has 0 aromatic heterocycles. The number of ketones is 1. The second-order valence-electron chi connectivity index (χ2n) is 3.80. The van der Waals surface area contributed by atoms with Crippen molar-refractivity contribution >= 4 is 11.9 Å². The van der Waals surface area contributed by atoms with Crippen molar-refractivity contribution in [2.24, 2.45) is 0 Å². The van der Waals surface area contributed by atoms with Gasteiger partial charge in [-0.1, -0.05) is 49.1 Å². The van der Waals surface area contributed by atoms with E-state index in [0.717, 1.165) is 0 Å². The van der Waals surface area contributed by atoms with Crippen LogP contribution in [-0.2, 0) is 0 Å². The van der Waals surface area contributed by atoms with Crippen LogP contribution in [0.25, 0.3) is 6.08 Å². The smallest absolute Gasteiger partial charge is 0.197 e. The molecule has 2 rings (SSSR count). The van der Waals surface area contributed by atoms with Crippen LogP contribution < -0.4 is 0 Å². The molecule has 0 amide bonds. The summed E-state index contributed by atoms with van der Waals surface area (Å²) >= 11 is 0. The maximum atomic E-state index is 12.3. The molecule has 0 aliphatic carbocycles. The fourth-order valence-corrected chi connectivity index (χ4v) is 1.74. The summed E-state index contributed by atoms with van der Waals surface area (Å²) in [6, 6.07) is 11.4. The van der Waals surface area contributed by atoms with Crippen LogP contribution >= 0.6 is 0 Å². The third-order valence-electron chi connectivity index (χ3n) is 2.67. The Kier molecular flexibility index (Phi) is 3.15. The summed E-state index contributed by atoms with van der Waals surface area (Å²) in [4.78, 5) is 12.3. The molecule has 0 aliphatic heterocycles. The van der Waals surface area contributed by atoms with Gasteiger partial charge in [0.05, 0.1) is 5.56 Å². The molecule has 90 valence electrons. The molecule has 0 bridgehead atoms. The van der Waals surface area contributed by atoms with E-state index in [9.17, 15) is 15.0 Å². The van der Waals surface area contributed by atoms with Gasteiger partial charge in [-0.2, -0.15) is 0 Å². The molecule has 0 saturated carbocycles. The minimum absolute atomic E-state index is 0.0659. The summed E-state index contributed by atoms with van der Waals surface area (Å²) < 4.78 is 0. The lowest BCUT2D eigenvalue weighted by Crippen LogP contribution is -2.04. The van der Waals surface area contributed by atoms with E-state index in [-0.39, 0.29) is 17.1 Å². The van der Waals surface area contributed by atoms with E-state index in [1.165, 1.54) is 18.2 Å². The first-order valence-electron chi connectivity index (χ1n) is 5.42. The molecular formula is C15H12O3. The SMILES string of the molecule is C=Cc1ccc(O)c(O)c1C(=O)c1ccccc1. The zero-order valence-electron chi connectivity index (χ0n) is 9.63. The summed E-state index contributed by atoms with van der Waals surface area (Å²) in [5.74, 6) is -1.08. The number of carbonyl (C=O) groups is 1. The first-order valence-corrected chi connectivity index (χ1v) is 5.42. The largest absolute Gasteiger partial charge is 0.504 e. The van der Waals surface area contributed by atoms with Crippen LogP contribution in [0, 0.1) is 0 Å². The number of hydrogen-bond acceptors (Lipinski definition) is 3. The average Bonchev–Trinajstić information content (AvgIpc) is 2.42. The molecule has 0 spiro atoms. The quantitative estimate of drug-likeness (QED) is 0.640. The van der Waals surface area contributed by atoms with Crippen molar-refractivity contribution in [2.45, 2.75) is 0 Å². The highest BCUT2D eigenvalue weighted by atomic mass is 16.3. The number of benzene rings is 2. The molecule has 2 aromatic rings. The van der Waals surface area contributed by atoms with Crippen LogP contribution in [0.3, 0.4) is 0 Å². The van der Waals surface area contributed by atoms with E-state index in [1.807, 2.05) is 0 Å². The number of hydrogen-bond donors (Lipinski definition) is 2. The van der Waals surface area contributed by atoms with Crippen molar-refractivity contribution in [2.75, 3.05) is 0 Å². The molecular weight excluding hydrogens is 228 g/mol. The van der Waals surface area contributed by atoms with E-state index in [1.54, 1.807) is 30.3 Å². The molecule has 2 N–H and O–H groups in total. The molecule has 0 atom stereocenters. The van der Waals surface area contributed by atoms with Gasteiger partial charge in [-0.25, -0.2) is 0 Å². The lowest BCUT2D eigenvalue weighted by molar-refractivity contribution is 0.103. The van der Waals surface area contributed by atoms with Crippen molar-refractivity contribution in [3.05, 3.63) is 65.7 Å². The van der Waals surface area contributed by atoms with E-state index >= 15 is 0 Å². The fourth-order valence-electron chi connectivity index (χ4n) is 1.74. The van der Waals surface area contributed by atoms with Crippen LogP contribution in [-0.4, -0.2) is 16.0 Å². The topological polar surface area (TPSA) is 57.5 Å². The third-order valence-corrected chi connectivity index (χ3v) is 2.67.